The smallest absolute Gasteiger partial charge is 0.335 e. The molecule has 98 valence electrons. The molecular weight excluding hydrogens is 256 g/mol. The van der Waals surface area contributed by atoms with E-state index in [0.717, 1.165) is 6.08 Å². The van der Waals surface area contributed by atoms with E-state index in [9.17, 15) is 13.6 Å². The predicted octanol–water partition coefficient (Wildman–Crippen LogP) is 1.72. The molecule has 6 heteroatoms. The van der Waals surface area contributed by atoms with Crippen molar-refractivity contribution in [1.29, 1.82) is 0 Å². The molecule has 0 saturated carbocycles. The van der Waals surface area contributed by atoms with Crippen molar-refractivity contribution >= 4 is 17.0 Å². The van der Waals surface area contributed by atoms with Crippen molar-refractivity contribution < 1.29 is 23.0 Å². The quantitative estimate of drug-likeness (QED) is 0.352. The van der Waals surface area contributed by atoms with E-state index in [1.54, 1.807) is 19.9 Å². The maximum atomic E-state index is 11.2. The Morgan fingerprint density at radius 2 is 2.17 bits per heavy atom. The molecule has 1 atom stereocenters. The molecule has 1 rings (SSSR count). The summed E-state index contributed by atoms with van der Waals surface area (Å²) < 4.78 is 32.4. The molecule has 1 aromatic carbocycles. The van der Waals surface area contributed by atoms with Gasteiger partial charge in [-0.3, -0.25) is 4.21 Å². The van der Waals surface area contributed by atoms with Gasteiger partial charge >= 0.3 is 5.97 Å². The van der Waals surface area contributed by atoms with Crippen molar-refractivity contribution in [3.05, 3.63) is 30.4 Å². The molecule has 0 aromatic heterocycles. The lowest BCUT2D eigenvalue weighted by molar-refractivity contribution is -0.129. The van der Waals surface area contributed by atoms with Crippen molar-refractivity contribution in [2.45, 2.75) is 18.7 Å². The third-order valence-electron chi connectivity index (χ3n) is 2.11. The number of aryl methyl sites for hydroxylation is 1. The van der Waals surface area contributed by atoms with Crippen LogP contribution in [0, 0.1) is 6.92 Å². The third kappa shape index (κ3) is 3.18. The highest BCUT2D eigenvalue weighted by Crippen LogP contribution is 2.36. The van der Waals surface area contributed by atoms with Crippen LogP contribution in [0.4, 0.5) is 0 Å². The summed E-state index contributed by atoms with van der Waals surface area (Å²) in [4.78, 5) is 11.2. The molecule has 18 heavy (non-hydrogen) atoms. The fraction of sp³-hybridized carbons (Fsp3) is 0.250. The summed E-state index contributed by atoms with van der Waals surface area (Å²) in [6.45, 7) is 6.93. The van der Waals surface area contributed by atoms with Crippen LogP contribution in [0.15, 0.2) is 29.7 Å². The van der Waals surface area contributed by atoms with Crippen LogP contribution in [0.1, 0.15) is 12.5 Å². The van der Waals surface area contributed by atoms with Gasteiger partial charge in [-0.15, -0.1) is 0 Å². The van der Waals surface area contributed by atoms with E-state index in [1.165, 1.54) is 6.07 Å². The molecule has 0 radical (unpaired) electrons. The molecule has 0 saturated heterocycles. The lowest BCUT2D eigenvalue weighted by atomic mass is 10.2. The van der Waals surface area contributed by atoms with Crippen LogP contribution in [0.5, 0.6) is 11.5 Å². The number of hydrogen-bond donors (Lipinski definition) is 0. The summed E-state index contributed by atoms with van der Waals surface area (Å²) in [5.41, 5.74) is 0.600. The van der Waals surface area contributed by atoms with Crippen LogP contribution in [-0.4, -0.2) is 21.3 Å². The molecule has 0 heterocycles. The maximum absolute atomic E-state index is 11.2. The average molecular weight is 269 g/mol. The van der Waals surface area contributed by atoms with Crippen LogP contribution in [0.3, 0.4) is 0 Å². The highest BCUT2D eigenvalue weighted by atomic mass is 32.2. The second-order valence-corrected chi connectivity index (χ2v) is 4.24. The summed E-state index contributed by atoms with van der Waals surface area (Å²) in [6, 6.07) is 2.94. The van der Waals surface area contributed by atoms with Crippen LogP contribution in [0.25, 0.3) is 0 Å². The standard InChI is InChI=1S/C12H14O5S/c1-4-10(13)17-11-8(3)6-7-9(18(14)15)12(11)16-5-2/h4,6-7H,1,5H2,2-3H3,(H,14,15)/p-1. The zero-order valence-electron chi connectivity index (χ0n) is 10.1. The minimum atomic E-state index is -2.47. The summed E-state index contributed by atoms with van der Waals surface area (Å²) >= 11 is -2.47. The Morgan fingerprint density at radius 3 is 2.67 bits per heavy atom. The number of hydrogen-bond acceptors (Lipinski definition) is 5. The van der Waals surface area contributed by atoms with Gasteiger partial charge < -0.3 is 14.0 Å². The second-order valence-electron chi connectivity index (χ2n) is 3.33. The van der Waals surface area contributed by atoms with Crippen LogP contribution in [0.2, 0.25) is 0 Å². The van der Waals surface area contributed by atoms with E-state index in [-0.39, 0.29) is 23.0 Å². The van der Waals surface area contributed by atoms with Gasteiger partial charge in [0, 0.05) is 6.08 Å². The molecule has 0 aliphatic heterocycles. The van der Waals surface area contributed by atoms with Gasteiger partial charge in [0.15, 0.2) is 11.5 Å². The second kappa shape index (κ2) is 6.32. The van der Waals surface area contributed by atoms with Crippen molar-refractivity contribution in [2.75, 3.05) is 6.61 Å². The Morgan fingerprint density at radius 1 is 1.50 bits per heavy atom. The predicted molar refractivity (Wildman–Crippen MR) is 65.4 cm³/mol. The monoisotopic (exact) mass is 269 g/mol. The average Bonchev–Trinajstić information content (AvgIpc) is 2.33. The van der Waals surface area contributed by atoms with Gasteiger partial charge in [0.2, 0.25) is 0 Å². The fourth-order valence-corrected chi connectivity index (χ4v) is 1.81. The third-order valence-corrected chi connectivity index (χ3v) is 2.79. The first-order chi connectivity index (χ1) is 8.51. The van der Waals surface area contributed by atoms with Gasteiger partial charge in [-0.05, 0) is 36.6 Å². The zero-order chi connectivity index (χ0) is 13.7. The molecule has 0 N–H and O–H groups in total. The van der Waals surface area contributed by atoms with E-state index in [2.05, 4.69) is 6.58 Å². The number of esters is 1. The highest BCUT2D eigenvalue weighted by Gasteiger charge is 2.16. The Hall–Kier alpha value is -1.66. The van der Waals surface area contributed by atoms with E-state index in [4.69, 9.17) is 9.47 Å². The molecule has 0 aliphatic rings. The SMILES string of the molecule is C=CC(=O)Oc1c(C)ccc(S(=O)[O-])c1OCC. The summed E-state index contributed by atoms with van der Waals surface area (Å²) in [6.07, 6.45) is 0.996. The normalized spacial score (nSPS) is 11.7. The first-order valence-corrected chi connectivity index (χ1v) is 6.28. The Balaban J connectivity index is 3.35. The van der Waals surface area contributed by atoms with Gasteiger partial charge in [0.1, 0.15) is 0 Å². The number of ether oxygens (including phenoxy) is 2. The Kier molecular flexibility index (Phi) is 5.06. The lowest BCUT2D eigenvalue weighted by Gasteiger charge is -2.17. The van der Waals surface area contributed by atoms with E-state index in [0.29, 0.717) is 5.56 Å². The van der Waals surface area contributed by atoms with Gasteiger partial charge in [-0.2, -0.15) is 0 Å². The van der Waals surface area contributed by atoms with Crippen molar-refractivity contribution in [3.63, 3.8) is 0 Å². The van der Waals surface area contributed by atoms with Gasteiger partial charge in [0.05, 0.1) is 11.5 Å². The molecule has 5 nitrogen and oxygen atoms in total. The largest absolute Gasteiger partial charge is 0.768 e. The van der Waals surface area contributed by atoms with Gasteiger partial charge in [-0.25, -0.2) is 4.79 Å². The van der Waals surface area contributed by atoms with E-state index < -0.39 is 17.0 Å². The van der Waals surface area contributed by atoms with Crippen molar-refractivity contribution in [3.8, 4) is 11.5 Å². The Bertz CT molecular complexity index is 495. The molecule has 0 amide bonds. The summed E-state index contributed by atoms with van der Waals surface area (Å²) in [5.74, 6) is -0.530. The minimum absolute atomic E-state index is 0.0426. The molecule has 1 unspecified atom stereocenters. The molecule has 0 aliphatic carbocycles. The highest BCUT2D eigenvalue weighted by molar-refractivity contribution is 7.79. The topological polar surface area (TPSA) is 75.7 Å². The maximum Gasteiger partial charge on any atom is 0.335 e. The fourth-order valence-electron chi connectivity index (χ4n) is 1.32. The van der Waals surface area contributed by atoms with Crippen LogP contribution in [-0.2, 0) is 15.9 Å². The number of benzene rings is 1. The summed E-state index contributed by atoms with van der Waals surface area (Å²) in [7, 11) is 0. The van der Waals surface area contributed by atoms with Crippen LogP contribution >= 0.6 is 0 Å². The van der Waals surface area contributed by atoms with E-state index in [1.807, 2.05) is 0 Å². The van der Waals surface area contributed by atoms with E-state index >= 15 is 0 Å². The molecule has 0 fully saturated rings. The van der Waals surface area contributed by atoms with Gasteiger partial charge in [-0.1, -0.05) is 12.6 Å². The molecule has 0 spiro atoms. The zero-order valence-corrected chi connectivity index (χ0v) is 10.9. The van der Waals surface area contributed by atoms with Gasteiger partial charge in [0.25, 0.3) is 0 Å². The number of carbonyl (C=O) groups excluding carboxylic acids is 1. The first kappa shape index (κ1) is 14.4. The summed E-state index contributed by atoms with van der Waals surface area (Å²) in [5, 5.41) is 0. The number of carbonyl (C=O) groups is 1. The van der Waals surface area contributed by atoms with Crippen LogP contribution < -0.4 is 9.47 Å². The molecule has 1 aromatic rings. The van der Waals surface area contributed by atoms with Crippen molar-refractivity contribution in [1.82, 2.24) is 0 Å². The first-order valence-electron chi connectivity index (χ1n) is 5.21. The molecular formula is C12H13O5S-. The lowest BCUT2D eigenvalue weighted by Crippen LogP contribution is -2.08. The minimum Gasteiger partial charge on any atom is -0.768 e. The van der Waals surface area contributed by atoms with Crippen molar-refractivity contribution in [2.24, 2.45) is 0 Å². The molecule has 0 bridgehead atoms. The Labute approximate surface area is 108 Å². The number of rotatable bonds is 5.